The lowest BCUT2D eigenvalue weighted by molar-refractivity contribution is -0.133. The molecule has 1 N–H and O–H groups in total. The van der Waals surface area contributed by atoms with Gasteiger partial charge < -0.3 is 10.2 Å². The van der Waals surface area contributed by atoms with Gasteiger partial charge in [-0.3, -0.25) is 9.78 Å². The standard InChI is InChI=1S/C14H19N3O/c18-14(8-11-3-6-15-9-11)17-7-4-13-12(10-17)2-1-5-16-13/h1-2,5,11,15H,3-4,6-10H2. The Labute approximate surface area is 107 Å². The van der Waals surface area contributed by atoms with E-state index in [-0.39, 0.29) is 0 Å². The van der Waals surface area contributed by atoms with Crippen LogP contribution in [0.1, 0.15) is 24.1 Å². The summed E-state index contributed by atoms with van der Waals surface area (Å²) >= 11 is 0. The van der Waals surface area contributed by atoms with E-state index in [1.54, 1.807) is 0 Å². The highest BCUT2D eigenvalue weighted by molar-refractivity contribution is 5.76. The van der Waals surface area contributed by atoms with Gasteiger partial charge in [0.05, 0.1) is 0 Å². The molecule has 0 saturated carbocycles. The smallest absolute Gasteiger partial charge is 0.223 e. The molecule has 3 heterocycles. The molecule has 0 spiro atoms. The number of nitrogens with one attached hydrogen (secondary N) is 1. The summed E-state index contributed by atoms with van der Waals surface area (Å²) < 4.78 is 0. The first-order valence-corrected chi connectivity index (χ1v) is 6.74. The van der Waals surface area contributed by atoms with Gasteiger partial charge in [-0.15, -0.1) is 0 Å². The summed E-state index contributed by atoms with van der Waals surface area (Å²) in [4.78, 5) is 18.6. The minimum Gasteiger partial charge on any atom is -0.338 e. The zero-order chi connectivity index (χ0) is 12.4. The van der Waals surface area contributed by atoms with Crippen molar-refractivity contribution < 1.29 is 4.79 Å². The third-order valence-corrected chi connectivity index (χ3v) is 3.94. The van der Waals surface area contributed by atoms with Crippen LogP contribution in [0.25, 0.3) is 0 Å². The van der Waals surface area contributed by atoms with Gasteiger partial charge in [-0.1, -0.05) is 6.07 Å². The number of pyridine rings is 1. The van der Waals surface area contributed by atoms with Gasteiger partial charge in [0.25, 0.3) is 0 Å². The zero-order valence-corrected chi connectivity index (χ0v) is 10.6. The predicted molar refractivity (Wildman–Crippen MR) is 69.0 cm³/mol. The van der Waals surface area contributed by atoms with Crippen molar-refractivity contribution in [2.45, 2.75) is 25.8 Å². The summed E-state index contributed by atoms with van der Waals surface area (Å²) in [5, 5.41) is 3.32. The Morgan fingerprint density at radius 2 is 2.50 bits per heavy atom. The van der Waals surface area contributed by atoms with Crippen LogP contribution >= 0.6 is 0 Å². The number of nitrogens with zero attached hydrogens (tertiary/aromatic N) is 2. The summed E-state index contributed by atoms with van der Waals surface area (Å²) in [6.07, 6.45) is 4.56. The number of aromatic nitrogens is 1. The number of carbonyl (C=O) groups is 1. The Balaban J connectivity index is 1.62. The van der Waals surface area contributed by atoms with Gasteiger partial charge in [0.1, 0.15) is 0 Å². The van der Waals surface area contributed by atoms with Crippen LogP contribution in [0.15, 0.2) is 18.3 Å². The number of amides is 1. The molecule has 0 aromatic carbocycles. The van der Waals surface area contributed by atoms with Crippen molar-refractivity contribution in [2.24, 2.45) is 5.92 Å². The van der Waals surface area contributed by atoms with Gasteiger partial charge in [-0.05, 0) is 37.1 Å². The molecule has 3 rings (SSSR count). The highest BCUT2D eigenvalue weighted by Crippen LogP contribution is 2.20. The predicted octanol–water partition coefficient (Wildman–Crippen LogP) is 0.966. The molecule has 2 aliphatic rings. The second-order valence-electron chi connectivity index (χ2n) is 5.24. The second-order valence-corrected chi connectivity index (χ2v) is 5.24. The lowest BCUT2D eigenvalue weighted by Crippen LogP contribution is -2.37. The molecule has 4 nitrogen and oxygen atoms in total. The van der Waals surface area contributed by atoms with Crippen LogP contribution in [-0.2, 0) is 17.8 Å². The number of hydrogen-bond donors (Lipinski definition) is 1. The highest BCUT2D eigenvalue weighted by atomic mass is 16.2. The van der Waals surface area contributed by atoms with Gasteiger partial charge >= 0.3 is 0 Å². The molecule has 1 amide bonds. The Hall–Kier alpha value is -1.42. The van der Waals surface area contributed by atoms with Crippen molar-refractivity contribution >= 4 is 5.91 Å². The van der Waals surface area contributed by atoms with Crippen molar-refractivity contribution in [1.29, 1.82) is 0 Å². The van der Waals surface area contributed by atoms with E-state index < -0.39 is 0 Å². The van der Waals surface area contributed by atoms with Crippen molar-refractivity contribution in [2.75, 3.05) is 19.6 Å². The molecule has 0 radical (unpaired) electrons. The Bertz CT molecular complexity index is 440. The largest absolute Gasteiger partial charge is 0.338 e. The lowest BCUT2D eigenvalue weighted by Gasteiger charge is -2.29. The molecular formula is C14H19N3O. The normalized spacial score (nSPS) is 22.9. The molecule has 18 heavy (non-hydrogen) atoms. The quantitative estimate of drug-likeness (QED) is 0.844. The first-order valence-electron chi connectivity index (χ1n) is 6.74. The molecular weight excluding hydrogens is 226 g/mol. The van der Waals surface area contributed by atoms with Crippen LogP contribution in [0, 0.1) is 5.92 Å². The molecule has 0 bridgehead atoms. The van der Waals surface area contributed by atoms with Crippen molar-refractivity contribution in [3.8, 4) is 0 Å². The fourth-order valence-corrected chi connectivity index (χ4v) is 2.84. The topological polar surface area (TPSA) is 45.2 Å². The molecule has 1 unspecified atom stereocenters. The SMILES string of the molecule is O=C(CC1CCNC1)N1CCc2ncccc2C1. The average Bonchev–Trinajstić information content (AvgIpc) is 2.91. The number of fused-ring (bicyclic) bond motifs is 1. The average molecular weight is 245 g/mol. The molecule has 1 aromatic rings. The summed E-state index contributed by atoms with van der Waals surface area (Å²) in [5.41, 5.74) is 2.37. The summed E-state index contributed by atoms with van der Waals surface area (Å²) in [6, 6.07) is 4.03. The molecule has 4 heteroatoms. The van der Waals surface area contributed by atoms with Crippen LogP contribution in [0.3, 0.4) is 0 Å². The Morgan fingerprint density at radius 1 is 1.56 bits per heavy atom. The lowest BCUT2D eigenvalue weighted by atomic mass is 10.0. The fourth-order valence-electron chi connectivity index (χ4n) is 2.84. The number of hydrogen-bond acceptors (Lipinski definition) is 3. The van der Waals surface area contributed by atoms with E-state index in [0.29, 0.717) is 18.2 Å². The van der Waals surface area contributed by atoms with Crippen LogP contribution in [0.2, 0.25) is 0 Å². The second kappa shape index (κ2) is 5.06. The number of carbonyl (C=O) groups excluding carboxylic acids is 1. The summed E-state index contributed by atoms with van der Waals surface area (Å²) in [6.45, 7) is 3.62. The van der Waals surface area contributed by atoms with Gasteiger partial charge in [0.2, 0.25) is 5.91 Å². The molecule has 1 saturated heterocycles. The maximum Gasteiger partial charge on any atom is 0.223 e. The van der Waals surface area contributed by atoms with Gasteiger partial charge in [-0.25, -0.2) is 0 Å². The maximum atomic E-state index is 12.2. The van der Waals surface area contributed by atoms with Crippen LogP contribution < -0.4 is 5.32 Å². The van der Waals surface area contributed by atoms with Gasteiger partial charge in [0, 0.05) is 37.8 Å². The van der Waals surface area contributed by atoms with E-state index in [0.717, 1.165) is 44.7 Å². The molecule has 1 atom stereocenters. The van der Waals surface area contributed by atoms with E-state index in [1.165, 1.54) is 5.56 Å². The minimum atomic E-state index is 0.304. The highest BCUT2D eigenvalue weighted by Gasteiger charge is 2.24. The fraction of sp³-hybridized carbons (Fsp3) is 0.571. The Kier molecular flexibility index (Phi) is 3.28. The van der Waals surface area contributed by atoms with Crippen LogP contribution in [0.5, 0.6) is 0 Å². The first kappa shape index (κ1) is 11.7. The molecule has 2 aliphatic heterocycles. The molecule has 1 aromatic heterocycles. The summed E-state index contributed by atoms with van der Waals surface area (Å²) in [5.74, 6) is 0.839. The molecule has 96 valence electrons. The van der Waals surface area contributed by atoms with E-state index >= 15 is 0 Å². The monoisotopic (exact) mass is 245 g/mol. The van der Waals surface area contributed by atoms with Crippen LogP contribution in [-0.4, -0.2) is 35.4 Å². The minimum absolute atomic E-state index is 0.304. The Morgan fingerprint density at radius 3 is 3.33 bits per heavy atom. The van der Waals surface area contributed by atoms with Gasteiger partial charge in [0.15, 0.2) is 0 Å². The van der Waals surface area contributed by atoms with Crippen molar-refractivity contribution in [3.05, 3.63) is 29.6 Å². The summed E-state index contributed by atoms with van der Waals surface area (Å²) in [7, 11) is 0. The van der Waals surface area contributed by atoms with E-state index in [9.17, 15) is 4.79 Å². The van der Waals surface area contributed by atoms with Gasteiger partial charge in [-0.2, -0.15) is 0 Å². The third-order valence-electron chi connectivity index (χ3n) is 3.94. The van der Waals surface area contributed by atoms with E-state index in [2.05, 4.69) is 16.4 Å². The third kappa shape index (κ3) is 2.38. The van der Waals surface area contributed by atoms with E-state index in [1.807, 2.05) is 17.2 Å². The maximum absolute atomic E-state index is 12.2. The van der Waals surface area contributed by atoms with Crippen molar-refractivity contribution in [1.82, 2.24) is 15.2 Å². The van der Waals surface area contributed by atoms with E-state index in [4.69, 9.17) is 0 Å². The number of rotatable bonds is 2. The molecule has 1 fully saturated rings. The molecule has 0 aliphatic carbocycles. The first-order chi connectivity index (χ1) is 8.83. The van der Waals surface area contributed by atoms with Crippen molar-refractivity contribution in [3.63, 3.8) is 0 Å². The zero-order valence-electron chi connectivity index (χ0n) is 10.6. The van der Waals surface area contributed by atoms with Crippen LogP contribution in [0.4, 0.5) is 0 Å².